The molecule has 0 radical (unpaired) electrons. The molecule has 1 saturated heterocycles. The van der Waals surface area contributed by atoms with Crippen molar-refractivity contribution in [2.75, 3.05) is 32.1 Å². The van der Waals surface area contributed by atoms with E-state index in [1.165, 1.54) is 0 Å². The van der Waals surface area contributed by atoms with Crippen LogP contribution in [0, 0.1) is 0 Å². The summed E-state index contributed by atoms with van der Waals surface area (Å²) in [5.41, 5.74) is 4.98. The van der Waals surface area contributed by atoms with E-state index in [-0.39, 0.29) is 11.9 Å². The van der Waals surface area contributed by atoms with Crippen LogP contribution in [0.15, 0.2) is 42.6 Å². The van der Waals surface area contributed by atoms with Gasteiger partial charge in [-0.25, -0.2) is 9.97 Å². The molecular weight excluding hydrogens is 388 g/mol. The summed E-state index contributed by atoms with van der Waals surface area (Å²) in [7, 11) is 4.27. The summed E-state index contributed by atoms with van der Waals surface area (Å²) in [5, 5.41) is 4.02. The number of aromatic nitrogens is 3. The number of hydrogen-bond acceptors (Lipinski definition) is 5. The number of para-hydroxylation sites is 2. The lowest BCUT2D eigenvalue weighted by Gasteiger charge is -2.23. The Bertz CT molecular complexity index is 1290. The van der Waals surface area contributed by atoms with Crippen LogP contribution in [0.3, 0.4) is 0 Å². The van der Waals surface area contributed by atoms with Crippen molar-refractivity contribution in [1.29, 1.82) is 0 Å². The van der Waals surface area contributed by atoms with Crippen molar-refractivity contribution in [2.45, 2.75) is 32.4 Å². The van der Waals surface area contributed by atoms with Crippen LogP contribution in [0.2, 0.25) is 0 Å². The molecule has 1 aliphatic rings. The zero-order chi connectivity index (χ0) is 21.7. The maximum absolute atomic E-state index is 13.2. The topological polar surface area (TPSA) is 65.8 Å². The molecule has 31 heavy (non-hydrogen) atoms. The third-order valence-electron chi connectivity index (χ3n) is 6.15. The molecule has 1 fully saturated rings. The number of carbonyl (C=O) groups is 1. The van der Waals surface area contributed by atoms with Crippen molar-refractivity contribution >= 4 is 39.3 Å². The van der Waals surface area contributed by atoms with Crippen molar-refractivity contribution in [3.05, 3.63) is 48.2 Å². The molecule has 0 saturated carbocycles. The summed E-state index contributed by atoms with van der Waals surface area (Å²) in [6, 6.07) is 12.6. The van der Waals surface area contributed by atoms with Crippen LogP contribution in [0.1, 0.15) is 30.6 Å². The molecule has 0 aliphatic carbocycles. The van der Waals surface area contributed by atoms with E-state index in [1.54, 1.807) is 0 Å². The fraction of sp³-hybridized carbons (Fsp3) is 0.375. The number of benzene rings is 1. The molecule has 1 N–H and O–H groups in total. The quantitative estimate of drug-likeness (QED) is 0.553. The highest BCUT2D eigenvalue weighted by atomic mass is 16.1. The van der Waals surface area contributed by atoms with E-state index in [1.807, 2.05) is 54.8 Å². The lowest BCUT2D eigenvalue weighted by molar-refractivity contribution is 0.0944. The third kappa shape index (κ3) is 3.29. The van der Waals surface area contributed by atoms with Gasteiger partial charge in [0.15, 0.2) is 5.65 Å². The number of carbonyl (C=O) groups excluding carboxylic acids is 1. The van der Waals surface area contributed by atoms with Crippen LogP contribution in [0.4, 0.5) is 5.69 Å². The van der Waals surface area contributed by atoms with Crippen LogP contribution in [-0.2, 0) is 0 Å². The van der Waals surface area contributed by atoms with Gasteiger partial charge in [0.25, 0.3) is 5.91 Å². The first-order valence-electron chi connectivity index (χ1n) is 10.8. The molecule has 0 spiro atoms. The number of likely N-dealkylation sites (N-methyl/N-ethyl adjacent to an activating group) is 1. The summed E-state index contributed by atoms with van der Waals surface area (Å²) in [4.78, 5) is 27.4. The van der Waals surface area contributed by atoms with Crippen LogP contribution in [0.25, 0.3) is 27.7 Å². The minimum absolute atomic E-state index is 0.0421. The highest BCUT2D eigenvalue weighted by molar-refractivity contribution is 6.07. The zero-order valence-corrected chi connectivity index (χ0v) is 18.5. The predicted molar refractivity (Wildman–Crippen MR) is 125 cm³/mol. The molecule has 160 valence electrons. The molecule has 7 heteroatoms. The first-order chi connectivity index (χ1) is 14.9. The van der Waals surface area contributed by atoms with Gasteiger partial charge >= 0.3 is 0 Å². The van der Waals surface area contributed by atoms with E-state index in [4.69, 9.17) is 9.97 Å². The normalized spacial score (nSPS) is 17.0. The first-order valence-corrected chi connectivity index (χ1v) is 10.8. The molecule has 0 bridgehead atoms. The van der Waals surface area contributed by atoms with E-state index in [0.717, 1.165) is 47.3 Å². The Balaban J connectivity index is 1.78. The second kappa shape index (κ2) is 7.50. The second-order valence-electron chi connectivity index (χ2n) is 8.87. The van der Waals surface area contributed by atoms with E-state index in [0.29, 0.717) is 17.3 Å². The van der Waals surface area contributed by atoms with Gasteiger partial charge in [-0.15, -0.1) is 0 Å². The Labute approximate surface area is 181 Å². The van der Waals surface area contributed by atoms with Gasteiger partial charge in [-0.1, -0.05) is 12.1 Å². The van der Waals surface area contributed by atoms with Gasteiger partial charge < -0.3 is 15.1 Å². The number of nitrogens with zero attached hydrogens (tertiary/aromatic N) is 5. The smallest absolute Gasteiger partial charge is 0.255 e. The highest BCUT2D eigenvalue weighted by Crippen LogP contribution is 2.33. The standard InChI is InChI=1S/C24H28N6O/c1-15(2)26-24(31)18-13-17-20(29-12-10-16(14-29)28(3)4)9-11-25-22(17)30-21-8-6-5-7-19(21)27-23(18)30/h5-9,11,13,15-16H,10,12,14H2,1-4H3,(H,26,31)/t16-/m1/s1. The Morgan fingerprint density at radius 1 is 1.19 bits per heavy atom. The molecular formula is C24H28N6O. The van der Waals surface area contributed by atoms with Crippen LogP contribution >= 0.6 is 0 Å². The fourth-order valence-electron chi connectivity index (χ4n) is 4.56. The largest absolute Gasteiger partial charge is 0.369 e. The van der Waals surface area contributed by atoms with Gasteiger partial charge in [-0.3, -0.25) is 9.20 Å². The maximum Gasteiger partial charge on any atom is 0.255 e. The number of anilines is 1. The zero-order valence-electron chi connectivity index (χ0n) is 18.5. The Kier molecular flexibility index (Phi) is 4.78. The average Bonchev–Trinajstić information content (AvgIpc) is 3.37. The van der Waals surface area contributed by atoms with Crippen molar-refractivity contribution in [1.82, 2.24) is 24.6 Å². The monoisotopic (exact) mass is 416 g/mol. The highest BCUT2D eigenvalue weighted by Gasteiger charge is 2.27. The van der Waals surface area contributed by atoms with Crippen molar-refractivity contribution < 1.29 is 4.79 Å². The van der Waals surface area contributed by atoms with Crippen LogP contribution < -0.4 is 10.2 Å². The van der Waals surface area contributed by atoms with Gasteiger partial charge in [0.2, 0.25) is 0 Å². The van der Waals surface area contributed by atoms with Crippen molar-refractivity contribution in [3.63, 3.8) is 0 Å². The molecule has 0 unspecified atom stereocenters. The van der Waals surface area contributed by atoms with Gasteiger partial charge in [-0.05, 0) is 58.6 Å². The molecule has 3 aromatic heterocycles. The summed E-state index contributed by atoms with van der Waals surface area (Å²) >= 11 is 0. The summed E-state index contributed by atoms with van der Waals surface area (Å²) in [6.07, 6.45) is 2.98. The second-order valence-corrected chi connectivity index (χ2v) is 8.87. The SMILES string of the molecule is CC(C)NC(=O)c1cc2c(N3CC[C@@H](N(C)C)C3)ccnc2n2c1nc1ccccc12. The molecule has 7 nitrogen and oxygen atoms in total. The number of rotatable bonds is 4. The summed E-state index contributed by atoms with van der Waals surface area (Å²) < 4.78 is 2.03. The van der Waals surface area contributed by atoms with Crippen LogP contribution in [-0.4, -0.2) is 64.4 Å². The number of hydrogen-bond donors (Lipinski definition) is 1. The van der Waals surface area contributed by atoms with Crippen molar-refractivity contribution in [3.8, 4) is 0 Å². The summed E-state index contributed by atoms with van der Waals surface area (Å²) in [6.45, 7) is 5.88. The van der Waals surface area contributed by atoms with Crippen LogP contribution in [0.5, 0.6) is 0 Å². The van der Waals surface area contributed by atoms with Gasteiger partial charge in [0.05, 0.1) is 16.6 Å². The number of nitrogens with one attached hydrogen (secondary N) is 1. The van der Waals surface area contributed by atoms with E-state index < -0.39 is 0 Å². The molecule has 5 rings (SSSR count). The average molecular weight is 417 g/mol. The van der Waals surface area contributed by atoms with E-state index in [2.05, 4.69) is 35.3 Å². The lowest BCUT2D eigenvalue weighted by atomic mass is 10.1. The minimum atomic E-state index is -0.111. The van der Waals surface area contributed by atoms with E-state index >= 15 is 0 Å². The number of amides is 1. The molecule has 4 aromatic rings. The first kappa shape index (κ1) is 19.8. The molecule has 4 heterocycles. The number of imidazole rings is 1. The number of pyridine rings is 2. The van der Waals surface area contributed by atoms with Crippen molar-refractivity contribution in [2.24, 2.45) is 0 Å². The predicted octanol–water partition coefficient (Wildman–Crippen LogP) is 3.31. The Morgan fingerprint density at radius 2 is 2.00 bits per heavy atom. The minimum Gasteiger partial charge on any atom is -0.369 e. The van der Waals surface area contributed by atoms with Gasteiger partial charge in [-0.2, -0.15) is 0 Å². The number of fused-ring (bicyclic) bond motifs is 5. The Morgan fingerprint density at radius 3 is 2.74 bits per heavy atom. The lowest BCUT2D eigenvalue weighted by Crippen LogP contribution is -2.31. The molecule has 1 atom stereocenters. The maximum atomic E-state index is 13.2. The Hall–Kier alpha value is -3.19. The third-order valence-corrected chi connectivity index (χ3v) is 6.15. The van der Waals surface area contributed by atoms with Gasteiger partial charge in [0.1, 0.15) is 5.65 Å². The van der Waals surface area contributed by atoms with Gasteiger partial charge in [0, 0.05) is 42.4 Å². The molecule has 1 aromatic carbocycles. The fourth-order valence-corrected chi connectivity index (χ4v) is 4.56. The molecule has 1 amide bonds. The van der Waals surface area contributed by atoms with E-state index in [9.17, 15) is 4.79 Å². The summed E-state index contributed by atoms with van der Waals surface area (Å²) in [5.74, 6) is -0.111. The molecule has 1 aliphatic heterocycles.